The van der Waals surface area contributed by atoms with Crippen LogP contribution in [-0.2, 0) is 12.8 Å². The van der Waals surface area contributed by atoms with Crippen LogP contribution in [0.5, 0.6) is 0 Å². The molecular formula is C34H27F3N3+. The van der Waals surface area contributed by atoms with E-state index in [-0.39, 0.29) is 30.1 Å². The molecule has 0 N–H and O–H groups in total. The molecule has 0 radical (unpaired) electrons. The smallest absolute Gasteiger partial charge is 0.219 e. The van der Waals surface area contributed by atoms with Gasteiger partial charge in [-0.15, -0.1) is 0 Å². The Hall–Kier alpha value is -4.32. The van der Waals surface area contributed by atoms with Crippen LogP contribution < -0.4 is 4.57 Å². The third kappa shape index (κ3) is 3.22. The largest absolute Gasteiger partial charge is 0.352 e. The number of rotatable bonds is 1. The molecule has 8 rings (SSSR count). The van der Waals surface area contributed by atoms with Gasteiger partial charge >= 0.3 is 0 Å². The lowest BCUT2D eigenvalue weighted by molar-refractivity contribution is -0.573. The fourth-order valence-electron chi connectivity index (χ4n) is 7.40. The topological polar surface area (TPSA) is 10.4 Å². The number of nitrogens with zero attached hydrogens (tertiary/aromatic N) is 3. The number of halogens is 3. The van der Waals surface area contributed by atoms with E-state index in [9.17, 15) is 8.78 Å². The predicted molar refractivity (Wildman–Crippen MR) is 148 cm³/mol. The summed E-state index contributed by atoms with van der Waals surface area (Å²) in [4.78, 5) is 4.76. The first kappa shape index (κ1) is 23.6. The highest BCUT2D eigenvalue weighted by atomic mass is 19.2. The number of fused-ring (bicyclic) bond motifs is 6. The quantitative estimate of drug-likeness (QED) is 0.193. The molecule has 4 aliphatic heterocycles. The van der Waals surface area contributed by atoms with Crippen LogP contribution in [0.4, 0.5) is 13.2 Å². The molecule has 4 aliphatic rings. The molecule has 5 heterocycles. The maximum atomic E-state index is 15.6. The molecule has 0 spiro atoms. The van der Waals surface area contributed by atoms with Crippen molar-refractivity contribution in [2.75, 3.05) is 6.54 Å². The highest BCUT2D eigenvalue weighted by molar-refractivity contribution is 5.72. The lowest BCUT2D eigenvalue weighted by Crippen LogP contribution is -2.53. The second kappa shape index (κ2) is 8.59. The molecule has 40 heavy (non-hydrogen) atoms. The molecule has 0 amide bonds. The Morgan fingerprint density at radius 3 is 2.55 bits per heavy atom. The Bertz CT molecular complexity index is 1750. The standard InChI is InChI=1S/C34H27F3N3/c1-20-33-26(24-9-5-8-22-12-14-38-16-17-40(33)34(38)30(22)24)11-10-25-27(19-28(35)32(37)31(25)36)29-18-23(13-15-39(20)29)21-6-3-2-4-7-21/h2-9,13,15-19,26,33-34H,1,10-12,14H2/q+1. The Morgan fingerprint density at radius 2 is 1.70 bits per heavy atom. The van der Waals surface area contributed by atoms with Crippen molar-refractivity contribution < 1.29 is 17.7 Å². The molecule has 0 saturated heterocycles. The minimum atomic E-state index is -1.42. The fraction of sp³-hybridized carbons (Fsp3) is 0.206. The van der Waals surface area contributed by atoms with E-state index in [1.54, 1.807) is 0 Å². The lowest BCUT2D eigenvalue weighted by Gasteiger charge is -2.48. The summed E-state index contributed by atoms with van der Waals surface area (Å²) in [5.74, 6) is -3.71. The molecule has 0 saturated carbocycles. The molecule has 3 aromatic carbocycles. The molecule has 4 aromatic rings. The number of hydrogen-bond donors (Lipinski definition) is 0. The number of benzene rings is 3. The van der Waals surface area contributed by atoms with Gasteiger partial charge in [0.25, 0.3) is 0 Å². The first-order valence-corrected chi connectivity index (χ1v) is 13.8. The van der Waals surface area contributed by atoms with Gasteiger partial charge in [-0.25, -0.2) is 13.2 Å². The van der Waals surface area contributed by atoms with Crippen LogP contribution in [0, 0.1) is 17.5 Å². The lowest BCUT2D eigenvalue weighted by atomic mass is 9.75. The summed E-state index contributed by atoms with van der Waals surface area (Å²) in [5, 5.41) is 0. The van der Waals surface area contributed by atoms with E-state index in [0.29, 0.717) is 17.7 Å². The van der Waals surface area contributed by atoms with E-state index in [4.69, 9.17) is 0 Å². The molecular weight excluding hydrogens is 507 g/mol. The summed E-state index contributed by atoms with van der Waals surface area (Å²) in [6.07, 6.45) is 8.16. The molecule has 1 aromatic heterocycles. The summed E-state index contributed by atoms with van der Waals surface area (Å²) in [6.45, 7) is 5.57. The molecule has 6 heteroatoms. The summed E-state index contributed by atoms with van der Waals surface area (Å²) >= 11 is 0. The van der Waals surface area contributed by atoms with Crippen LogP contribution in [0.1, 0.15) is 40.8 Å². The zero-order valence-corrected chi connectivity index (χ0v) is 21.8. The molecule has 3 unspecified atom stereocenters. The van der Waals surface area contributed by atoms with Gasteiger partial charge in [0.05, 0.1) is 5.56 Å². The third-order valence-corrected chi connectivity index (χ3v) is 9.21. The van der Waals surface area contributed by atoms with Gasteiger partial charge in [-0.1, -0.05) is 48.5 Å². The van der Waals surface area contributed by atoms with Crippen molar-refractivity contribution >= 4 is 5.70 Å². The fourth-order valence-corrected chi connectivity index (χ4v) is 7.40. The third-order valence-electron chi connectivity index (χ3n) is 9.21. The van der Waals surface area contributed by atoms with Crippen molar-refractivity contribution in [2.45, 2.75) is 37.4 Å². The highest BCUT2D eigenvalue weighted by Gasteiger charge is 2.50. The van der Waals surface area contributed by atoms with Gasteiger partial charge in [0.15, 0.2) is 23.6 Å². The maximum absolute atomic E-state index is 15.6. The van der Waals surface area contributed by atoms with Crippen LogP contribution in [0.25, 0.3) is 28.1 Å². The average molecular weight is 535 g/mol. The first-order valence-electron chi connectivity index (χ1n) is 13.8. The van der Waals surface area contributed by atoms with Gasteiger partial charge in [-0.3, -0.25) is 0 Å². The summed E-state index contributed by atoms with van der Waals surface area (Å²) in [5.41, 5.74) is 7.79. The van der Waals surface area contributed by atoms with Crippen molar-refractivity contribution in [1.29, 1.82) is 0 Å². The van der Waals surface area contributed by atoms with E-state index in [1.807, 2.05) is 53.2 Å². The molecule has 3 nitrogen and oxygen atoms in total. The Balaban J connectivity index is 1.39. The average Bonchev–Trinajstić information content (AvgIpc) is 3.44. The number of pyridine rings is 1. The van der Waals surface area contributed by atoms with Crippen molar-refractivity contribution in [1.82, 2.24) is 9.80 Å². The zero-order valence-electron chi connectivity index (χ0n) is 21.8. The molecule has 0 aliphatic carbocycles. The summed E-state index contributed by atoms with van der Waals surface area (Å²) < 4.78 is 47.1. The van der Waals surface area contributed by atoms with Crippen molar-refractivity contribution in [3.8, 4) is 22.4 Å². The molecule has 3 atom stereocenters. The van der Waals surface area contributed by atoms with Crippen LogP contribution >= 0.6 is 0 Å². The van der Waals surface area contributed by atoms with E-state index in [2.05, 4.69) is 47.0 Å². The van der Waals surface area contributed by atoms with E-state index >= 15 is 4.39 Å². The minimum absolute atomic E-state index is 0.00554. The van der Waals surface area contributed by atoms with Crippen molar-refractivity contribution in [3.63, 3.8) is 0 Å². The van der Waals surface area contributed by atoms with Gasteiger partial charge in [0.1, 0.15) is 12.2 Å². The first-order chi connectivity index (χ1) is 19.5. The Labute approximate surface area is 231 Å². The second-order valence-corrected chi connectivity index (χ2v) is 11.2. The van der Waals surface area contributed by atoms with Gasteiger partial charge in [-0.2, -0.15) is 4.57 Å². The summed E-state index contributed by atoms with van der Waals surface area (Å²) in [7, 11) is 0. The maximum Gasteiger partial charge on any atom is 0.219 e. The SMILES string of the molecule is C=C1C2C(CCc3c(cc(F)c(F)c3F)-c3cc(-c4ccccc4)cc[n+]31)c1cccc3c1C1N(C=CN21)CC3. The van der Waals surface area contributed by atoms with Crippen LogP contribution in [-0.4, -0.2) is 22.4 Å². The predicted octanol–water partition coefficient (Wildman–Crippen LogP) is 6.95. The van der Waals surface area contributed by atoms with E-state index < -0.39 is 17.5 Å². The Kier molecular flexibility index (Phi) is 5.06. The second-order valence-electron chi connectivity index (χ2n) is 11.2. The van der Waals surface area contributed by atoms with Gasteiger partial charge in [0, 0.05) is 48.1 Å². The van der Waals surface area contributed by atoms with E-state index in [1.165, 1.54) is 16.7 Å². The highest BCUT2D eigenvalue weighted by Crippen LogP contribution is 2.51. The molecule has 0 fully saturated rings. The number of hydrogen-bond acceptors (Lipinski definition) is 2. The van der Waals surface area contributed by atoms with Crippen molar-refractivity contribution in [2.24, 2.45) is 0 Å². The Morgan fingerprint density at radius 1 is 0.850 bits per heavy atom. The summed E-state index contributed by atoms with van der Waals surface area (Å²) in [6, 6.07) is 21.4. The van der Waals surface area contributed by atoms with Gasteiger partial charge in [-0.05, 0) is 54.2 Å². The minimum Gasteiger partial charge on any atom is -0.352 e. The van der Waals surface area contributed by atoms with Crippen LogP contribution in [0.2, 0.25) is 0 Å². The van der Waals surface area contributed by atoms with E-state index in [0.717, 1.165) is 35.9 Å². The monoisotopic (exact) mass is 534 g/mol. The normalized spacial score (nSPS) is 22.1. The molecule has 198 valence electrons. The van der Waals surface area contributed by atoms with Crippen LogP contribution in [0.3, 0.4) is 0 Å². The number of aromatic nitrogens is 1. The van der Waals surface area contributed by atoms with Gasteiger partial charge in [0.2, 0.25) is 11.4 Å². The molecule has 0 bridgehead atoms. The van der Waals surface area contributed by atoms with Crippen molar-refractivity contribution in [3.05, 3.63) is 132 Å². The van der Waals surface area contributed by atoms with Gasteiger partial charge < -0.3 is 9.80 Å². The van der Waals surface area contributed by atoms with Crippen LogP contribution in [0.15, 0.2) is 91.9 Å². The zero-order chi connectivity index (χ0) is 27.1.